The molecule has 0 aliphatic rings. The van der Waals surface area contributed by atoms with E-state index in [4.69, 9.17) is 0 Å². The summed E-state index contributed by atoms with van der Waals surface area (Å²) in [5, 5.41) is 10.4. The van der Waals surface area contributed by atoms with Crippen molar-refractivity contribution in [3.63, 3.8) is 0 Å². The second kappa shape index (κ2) is 8.87. The number of pyridine rings is 1. The van der Waals surface area contributed by atoms with E-state index in [-0.39, 0.29) is 10.8 Å². The van der Waals surface area contributed by atoms with Crippen LogP contribution >= 0.6 is 0 Å². The first-order chi connectivity index (χ1) is 15.7. The predicted octanol–water partition coefficient (Wildman–Crippen LogP) is 4.19. The van der Waals surface area contributed by atoms with Gasteiger partial charge >= 0.3 is 0 Å². The number of para-hydroxylation sites is 1. The second-order valence-electron chi connectivity index (χ2n) is 7.71. The van der Waals surface area contributed by atoms with Gasteiger partial charge in [0.05, 0.1) is 16.8 Å². The molecule has 0 spiro atoms. The molecule has 1 amide bonds. The normalized spacial score (nSPS) is 11.2. The van der Waals surface area contributed by atoms with E-state index in [1.165, 1.54) is 24.3 Å². The number of sulfone groups is 1. The zero-order valence-electron chi connectivity index (χ0n) is 18.4. The first-order valence-electron chi connectivity index (χ1n) is 10.1. The van der Waals surface area contributed by atoms with Gasteiger partial charge in [-0.3, -0.25) is 9.48 Å². The molecule has 0 fully saturated rings. The monoisotopic (exact) mass is 461 g/mol. The summed E-state index contributed by atoms with van der Waals surface area (Å²) in [5.41, 5.74) is 4.37. The van der Waals surface area contributed by atoms with E-state index in [2.05, 4.69) is 20.7 Å². The molecular formula is C24H23N5O3S. The molecule has 2 heterocycles. The molecule has 9 heteroatoms. The lowest BCUT2D eigenvalue weighted by Gasteiger charge is -2.15. The lowest BCUT2D eigenvalue weighted by atomic mass is 10.1. The Balaban J connectivity index is 1.69. The Bertz CT molecular complexity index is 1430. The molecular weight excluding hydrogens is 438 g/mol. The van der Waals surface area contributed by atoms with Crippen LogP contribution < -0.4 is 10.6 Å². The Morgan fingerprint density at radius 1 is 0.970 bits per heavy atom. The average molecular weight is 462 g/mol. The van der Waals surface area contributed by atoms with Crippen molar-refractivity contribution in [3.05, 3.63) is 84.3 Å². The molecule has 0 saturated carbocycles. The van der Waals surface area contributed by atoms with Crippen LogP contribution in [0.4, 0.5) is 17.2 Å². The predicted molar refractivity (Wildman–Crippen MR) is 128 cm³/mol. The number of rotatable bonds is 6. The molecule has 0 saturated heterocycles. The van der Waals surface area contributed by atoms with Gasteiger partial charge < -0.3 is 10.6 Å². The van der Waals surface area contributed by atoms with E-state index < -0.39 is 9.84 Å². The van der Waals surface area contributed by atoms with E-state index in [1.807, 2.05) is 50.5 Å². The van der Waals surface area contributed by atoms with Crippen molar-refractivity contribution in [3.8, 4) is 11.1 Å². The standard InChI is InChI=1S/C24H23N5O3S/c1-16-6-4-5-7-21(16)27-23-22(12-18(13-25-23)19-14-26-29(2)15-19)28-24(30)17-8-10-20(11-9-17)33(3,31)32/h4-15H,1-3H3,(H,25,27)(H,28,30). The maximum atomic E-state index is 13.0. The molecule has 33 heavy (non-hydrogen) atoms. The SMILES string of the molecule is Cc1ccccc1Nc1ncc(-c2cnn(C)c2)cc1NC(=O)c1ccc(S(C)(=O)=O)cc1. The van der Waals surface area contributed by atoms with Crippen molar-refractivity contribution < 1.29 is 13.2 Å². The third kappa shape index (κ3) is 5.09. The average Bonchev–Trinajstić information content (AvgIpc) is 3.22. The number of carbonyl (C=O) groups is 1. The summed E-state index contributed by atoms with van der Waals surface area (Å²) < 4.78 is 25.1. The molecule has 0 atom stereocenters. The van der Waals surface area contributed by atoms with Crippen molar-refractivity contribution in [2.45, 2.75) is 11.8 Å². The Morgan fingerprint density at radius 2 is 1.70 bits per heavy atom. The molecule has 2 aromatic carbocycles. The van der Waals surface area contributed by atoms with E-state index in [9.17, 15) is 13.2 Å². The van der Waals surface area contributed by atoms with Crippen LogP contribution in [-0.2, 0) is 16.9 Å². The number of hydrogen-bond donors (Lipinski definition) is 2. The van der Waals surface area contributed by atoms with Crippen molar-refractivity contribution in [1.29, 1.82) is 0 Å². The van der Waals surface area contributed by atoms with Gasteiger partial charge in [-0.25, -0.2) is 13.4 Å². The minimum absolute atomic E-state index is 0.154. The van der Waals surface area contributed by atoms with Crippen molar-refractivity contribution >= 4 is 32.9 Å². The first-order valence-corrected chi connectivity index (χ1v) is 12.0. The summed E-state index contributed by atoms with van der Waals surface area (Å²) in [6.45, 7) is 1.98. The summed E-state index contributed by atoms with van der Waals surface area (Å²) in [5.74, 6) is 0.103. The summed E-state index contributed by atoms with van der Waals surface area (Å²) in [4.78, 5) is 17.7. The molecule has 0 aliphatic heterocycles. The number of benzene rings is 2. The van der Waals surface area contributed by atoms with Crippen molar-refractivity contribution in [2.24, 2.45) is 7.05 Å². The number of amides is 1. The Morgan fingerprint density at radius 3 is 2.33 bits per heavy atom. The molecule has 4 rings (SSSR count). The number of nitrogens with one attached hydrogen (secondary N) is 2. The highest BCUT2D eigenvalue weighted by Crippen LogP contribution is 2.30. The van der Waals surface area contributed by atoms with E-state index in [0.29, 0.717) is 17.1 Å². The molecule has 0 aliphatic carbocycles. The summed E-state index contributed by atoms with van der Waals surface area (Å²) >= 11 is 0. The summed E-state index contributed by atoms with van der Waals surface area (Å²) in [6, 6.07) is 15.4. The number of anilines is 3. The molecule has 168 valence electrons. The van der Waals surface area contributed by atoms with Gasteiger partial charge in [-0.2, -0.15) is 5.10 Å². The van der Waals surface area contributed by atoms with E-state index >= 15 is 0 Å². The zero-order valence-corrected chi connectivity index (χ0v) is 19.2. The Hall–Kier alpha value is -3.98. The quantitative estimate of drug-likeness (QED) is 0.446. The van der Waals surface area contributed by atoms with Crippen LogP contribution in [0.15, 0.2) is 78.1 Å². The zero-order chi connectivity index (χ0) is 23.6. The molecule has 2 aromatic heterocycles. The van der Waals surface area contributed by atoms with Crippen LogP contribution in [0.1, 0.15) is 15.9 Å². The lowest BCUT2D eigenvalue weighted by Crippen LogP contribution is -2.14. The van der Waals surface area contributed by atoms with Gasteiger partial charge in [0.25, 0.3) is 5.91 Å². The number of hydrogen-bond acceptors (Lipinski definition) is 6. The highest BCUT2D eigenvalue weighted by Gasteiger charge is 2.15. The maximum Gasteiger partial charge on any atom is 0.255 e. The van der Waals surface area contributed by atoms with Crippen LogP contribution in [-0.4, -0.2) is 35.3 Å². The molecule has 2 N–H and O–H groups in total. The van der Waals surface area contributed by atoms with Crippen LogP contribution in [0.2, 0.25) is 0 Å². The van der Waals surface area contributed by atoms with Gasteiger partial charge in [0.1, 0.15) is 0 Å². The van der Waals surface area contributed by atoms with Crippen LogP contribution in [0.5, 0.6) is 0 Å². The molecule has 0 radical (unpaired) electrons. The Labute approximate surface area is 192 Å². The van der Waals surface area contributed by atoms with Gasteiger partial charge in [-0.1, -0.05) is 18.2 Å². The van der Waals surface area contributed by atoms with Crippen LogP contribution in [0.3, 0.4) is 0 Å². The first kappa shape index (κ1) is 22.2. The van der Waals surface area contributed by atoms with Gasteiger partial charge in [-0.05, 0) is 48.9 Å². The second-order valence-corrected chi connectivity index (χ2v) is 9.73. The number of carbonyl (C=O) groups excluding carboxylic acids is 1. The van der Waals surface area contributed by atoms with Gasteiger partial charge in [-0.15, -0.1) is 0 Å². The largest absolute Gasteiger partial charge is 0.338 e. The van der Waals surface area contributed by atoms with Crippen molar-refractivity contribution in [1.82, 2.24) is 14.8 Å². The highest BCUT2D eigenvalue weighted by molar-refractivity contribution is 7.90. The fourth-order valence-electron chi connectivity index (χ4n) is 3.28. The highest BCUT2D eigenvalue weighted by atomic mass is 32.2. The van der Waals surface area contributed by atoms with E-state index in [0.717, 1.165) is 28.6 Å². The third-order valence-electron chi connectivity index (χ3n) is 5.12. The number of aryl methyl sites for hydroxylation is 2. The third-order valence-corrected chi connectivity index (χ3v) is 6.25. The molecule has 0 unspecified atom stereocenters. The van der Waals surface area contributed by atoms with Crippen LogP contribution in [0.25, 0.3) is 11.1 Å². The fraction of sp³-hybridized carbons (Fsp3) is 0.125. The molecule has 0 bridgehead atoms. The fourth-order valence-corrected chi connectivity index (χ4v) is 3.91. The van der Waals surface area contributed by atoms with Gasteiger partial charge in [0, 0.05) is 48.1 Å². The minimum Gasteiger partial charge on any atom is -0.338 e. The lowest BCUT2D eigenvalue weighted by molar-refractivity contribution is 0.102. The molecule has 8 nitrogen and oxygen atoms in total. The van der Waals surface area contributed by atoms with E-state index in [1.54, 1.807) is 17.1 Å². The molecule has 4 aromatic rings. The number of aromatic nitrogens is 3. The summed E-state index contributed by atoms with van der Waals surface area (Å²) in [6.07, 6.45) is 6.43. The van der Waals surface area contributed by atoms with Gasteiger partial charge in [0.15, 0.2) is 15.7 Å². The topological polar surface area (TPSA) is 106 Å². The van der Waals surface area contributed by atoms with Crippen LogP contribution in [0, 0.1) is 6.92 Å². The Kier molecular flexibility index (Phi) is 5.97. The van der Waals surface area contributed by atoms with Crippen molar-refractivity contribution in [2.75, 3.05) is 16.9 Å². The van der Waals surface area contributed by atoms with Gasteiger partial charge in [0.2, 0.25) is 0 Å². The maximum absolute atomic E-state index is 13.0. The smallest absolute Gasteiger partial charge is 0.255 e. The number of nitrogens with zero attached hydrogens (tertiary/aromatic N) is 3. The summed E-state index contributed by atoms with van der Waals surface area (Å²) in [7, 11) is -1.52. The minimum atomic E-state index is -3.34.